The van der Waals surface area contributed by atoms with Gasteiger partial charge in [0.2, 0.25) is 35.9 Å². The van der Waals surface area contributed by atoms with Gasteiger partial charge in [0.25, 0.3) is 0 Å². The Bertz CT molecular complexity index is 2480. The van der Waals surface area contributed by atoms with Crippen molar-refractivity contribution < 1.29 is 86.0 Å². The maximum Gasteiger partial charge on any atom is 0.311 e. The summed E-state index contributed by atoms with van der Waals surface area (Å²) in [6, 6.07) is 0.167. The van der Waals surface area contributed by atoms with E-state index in [9.17, 15) is 47.9 Å². The van der Waals surface area contributed by atoms with E-state index in [0.717, 1.165) is 103 Å². The molecule has 0 radical (unpaired) electrons. The molecule has 5 amide bonds. The third kappa shape index (κ3) is 36.3. The second-order valence-electron chi connectivity index (χ2n) is 27.7. The molecular weight excluding hydrogens is 1260 g/mol. The largest absolute Gasteiger partial charge is 0.465 e. The molecule has 0 aromatic carbocycles. The van der Waals surface area contributed by atoms with Gasteiger partial charge in [-0.25, -0.2) is 9.13 Å². The number of likely N-dealkylation sites (tertiary alicyclic amines) is 5. The molecule has 98 heavy (non-hydrogen) atoms. The van der Waals surface area contributed by atoms with E-state index >= 15 is 0 Å². The predicted octanol–water partition coefficient (Wildman–Crippen LogP) is 9.41. The minimum Gasteiger partial charge on any atom is -0.465 e. The Labute approximate surface area is 588 Å². The van der Waals surface area contributed by atoms with Crippen LogP contribution >= 0.6 is 0 Å². The third-order valence-electron chi connectivity index (χ3n) is 17.3. The van der Waals surface area contributed by atoms with E-state index in [-0.39, 0.29) is 134 Å². The first kappa shape index (κ1) is 89.8. The topological polar surface area (TPSA) is 271 Å². The van der Waals surface area contributed by atoms with Crippen LogP contribution < -0.4 is 4.57 Å². The number of esters is 5. The lowest BCUT2D eigenvalue weighted by Crippen LogP contribution is -2.42. The van der Waals surface area contributed by atoms with Gasteiger partial charge >= 0.3 is 29.8 Å². The van der Waals surface area contributed by atoms with Gasteiger partial charge in [-0.3, -0.25) is 47.9 Å². The lowest BCUT2D eigenvalue weighted by molar-refractivity contribution is -0.671. The number of imidazole rings is 1. The summed E-state index contributed by atoms with van der Waals surface area (Å²) in [6.07, 6.45) is 26.1. The molecule has 5 aliphatic rings. The van der Waals surface area contributed by atoms with Crippen molar-refractivity contribution in [2.75, 3.05) is 98.6 Å². The third-order valence-corrected chi connectivity index (χ3v) is 17.3. The fraction of sp³-hybridized carbons (Fsp3) is 0.811. The number of hydrogen-bond donors (Lipinski definition) is 1. The first-order chi connectivity index (χ1) is 46.2. The zero-order valence-electron chi connectivity index (χ0n) is 63.0. The molecule has 0 saturated carbocycles. The number of amides is 5. The van der Waals surface area contributed by atoms with Gasteiger partial charge in [-0.1, -0.05) is 105 Å². The van der Waals surface area contributed by atoms with Crippen LogP contribution in [0, 0.1) is 37.0 Å². The minimum atomic E-state index is -0.352. The molecule has 5 unspecified atom stereocenters. The normalized spacial score (nSPS) is 18.9. The molecule has 5 aliphatic heterocycles. The lowest BCUT2D eigenvalue weighted by Gasteiger charge is -2.31. The van der Waals surface area contributed by atoms with Crippen LogP contribution in [0.5, 0.6) is 0 Å². The number of carbonyl (C=O) groups excluding carboxylic acids is 10. The standard InChI is InChI=1S/C16H26N3O3.C15H27NO4.C15H27NO3.C14H25NO3.C13H23NO4.CH3/c1-3-4-7-19-12-14(11-15(19)20)16(21)22-10-5-6-18-9-8-17(2)13-18;1-4-5-8-20-15(18)13-10-14(17)16(11-13)7-6-9-19-12(2)3;1-5-6-7-8-9-19-14(18)12-10-13(17)16(11-12)15(2,3)4;1-4-5-6-7-8-18-14(17)12-9-13(16)15(10-12)11(2)3;1-2-3-4-5-8-18-13(17)11-9-12(16)14(10-11)6-7-15;/h8-9,13-14H,3-7,10-12H2,1-2H3;12-13H,4-11H2,1-3H3;12H,5-11H2,1-4H3;11-12H,4-10H2,1-3H3;11,15H,2-10H2,1H3;1H3/q+1;;;;;-1. The number of aliphatic hydroxyl groups is 1. The van der Waals surface area contributed by atoms with Crippen molar-refractivity contribution in [3.05, 3.63) is 26.1 Å². The van der Waals surface area contributed by atoms with Crippen LogP contribution in [-0.4, -0.2) is 210 Å². The van der Waals surface area contributed by atoms with Crippen molar-refractivity contribution in [2.24, 2.45) is 36.6 Å². The van der Waals surface area contributed by atoms with Crippen molar-refractivity contribution in [1.29, 1.82) is 0 Å². The molecule has 1 N–H and O–H groups in total. The van der Waals surface area contributed by atoms with Gasteiger partial charge in [-0.05, 0) is 87.0 Å². The number of aliphatic hydroxyl groups excluding tert-OH is 1. The molecule has 1 aromatic heterocycles. The molecule has 24 heteroatoms. The van der Waals surface area contributed by atoms with E-state index < -0.39 is 0 Å². The van der Waals surface area contributed by atoms with E-state index in [1.165, 1.54) is 30.6 Å². The summed E-state index contributed by atoms with van der Waals surface area (Å²) in [6.45, 7) is 32.3. The number of rotatable bonds is 38. The van der Waals surface area contributed by atoms with Crippen molar-refractivity contribution >= 4 is 59.4 Å². The van der Waals surface area contributed by atoms with Crippen LogP contribution in [0.15, 0.2) is 18.7 Å². The number of β-amino-alcohol motifs (C(OH)–C–C–N with tert-alkyl or cyclic N) is 1. The van der Waals surface area contributed by atoms with E-state index in [2.05, 4.69) is 32.3 Å². The number of aryl methyl sites for hydroxylation is 2. The van der Waals surface area contributed by atoms with Crippen molar-refractivity contribution in [3.8, 4) is 0 Å². The Morgan fingerprint density at radius 2 is 0.816 bits per heavy atom. The average Bonchev–Trinajstić information content (AvgIpc) is 1.67. The van der Waals surface area contributed by atoms with Crippen molar-refractivity contribution in [2.45, 2.75) is 255 Å². The van der Waals surface area contributed by atoms with Crippen molar-refractivity contribution in [1.82, 2.24) is 29.1 Å². The second-order valence-corrected chi connectivity index (χ2v) is 27.7. The number of ether oxygens (including phenoxy) is 6. The summed E-state index contributed by atoms with van der Waals surface area (Å²) >= 11 is 0. The maximum absolute atomic E-state index is 12.0. The molecule has 5 fully saturated rings. The number of unbranched alkanes of at least 4 members (excludes halogenated alkanes) is 11. The second kappa shape index (κ2) is 51.0. The predicted molar refractivity (Wildman–Crippen MR) is 375 cm³/mol. The van der Waals surface area contributed by atoms with Crippen LogP contribution in [0.2, 0.25) is 0 Å². The Morgan fingerprint density at radius 1 is 0.459 bits per heavy atom. The molecule has 6 rings (SSSR count). The molecule has 0 spiro atoms. The summed E-state index contributed by atoms with van der Waals surface area (Å²) in [4.78, 5) is 126. The summed E-state index contributed by atoms with van der Waals surface area (Å²) in [5.74, 6) is -2.44. The molecule has 0 aliphatic carbocycles. The summed E-state index contributed by atoms with van der Waals surface area (Å²) < 4.78 is 35.6. The molecule has 5 atom stereocenters. The van der Waals surface area contributed by atoms with Gasteiger partial charge in [0.1, 0.15) is 12.4 Å². The van der Waals surface area contributed by atoms with Gasteiger partial charge in [-0.2, -0.15) is 0 Å². The highest BCUT2D eigenvalue weighted by Gasteiger charge is 2.41. The monoisotopic (exact) mass is 1390 g/mol. The van der Waals surface area contributed by atoms with E-state index in [1.807, 2.05) is 85.7 Å². The Kier molecular flexibility index (Phi) is 46.8. The van der Waals surface area contributed by atoms with Gasteiger partial charge in [0.15, 0.2) is 0 Å². The van der Waals surface area contributed by atoms with Crippen LogP contribution in [-0.2, 0) is 90.0 Å². The van der Waals surface area contributed by atoms with E-state index in [4.69, 9.17) is 33.5 Å². The summed E-state index contributed by atoms with van der Waals surface area (Å²) in [5.41, 5.74) is -0.215. The van der Waals surface area contributed by atoms with Crippen LogP contribution in [0.4, 0.5) is 0 Å². The Hall–Kier alpha value is -6.17. The number of nitrogens with zero attached hydrogens (tertiary/aromatic N) is 7. The zero-order valence-corrected chi connectivity index (χ0v) is 63.0. The fourth-order valence-corrected chi connectivity index (χ4v) is 11.4. The maximum atomic E-state index is 12.0. The highest BCUT2D eigenvalue weighted by atomic mass is 16.5. The molecule has 5 saturated heterocycles. The van der Waals surface area contributed by atoms with Gasteiger partial charge < -0.3 is 65.5 Å². The molecule has 0 bridgehead atoms. The average molecular weight is 1390 g/mol. The number of aromatic nitrogens is 2. The first-order valence-electron chi connectivity index (χ1n) is 36.7. The lowest BCUT2D eigenvalue weighted by atomic mass is 10.1. The molecular formula is C74H131N7O17. The SMILES string of the molecule is CCCCCCOC(=O)C1CC(=O)N(C(C)(C)C)C1.CCCCCCOC(=O)C1CC(=O)N(C(C)C)C1.CCCCCCOC(=O)C1CC(=O)N(CCO)C1.CCCCN1CC(C(=O)OCCCn2cc[n+](C)c2)CC1=O.CCCCOC(=O)C1CC(=O)N(CCCOC(C)C)C1.[CH3-]. The summed E-state index contributed by atoms with van der Waals surface area (Å²) in [5, 5.41) is 8.78. The smallest absolute Gasteiger partial charge is 0.311 e. The highest BCUT2D eigenvalue weighted by Crippen LogP contribution is 2.28. The van der Waals surface area contributed by atoms with Crippen LogP contribution in [0.3, 0.4) is 0 Å². The van der Waals surface area contributed by atoms with Gasteiger partial charge in [0.05, 0.1) is 88.9 Å². The van der Waals surface area contributed by atoms with Crippen LogP contribution in [0.1, 0.15) is 231 Å². The fourth-order valence-electron chi connectivity index (χ4n) is 11.4. The molecule has 6 heterocycles. The highest BCUT2D eigenvalue weighted by molar-refractivity contribution is 5.89. The van der Waals surface area contributed by atoms with Gasteiger partial charge in [0, 0.05) is 109 Å². The van der Waals surface area contributed by atoms with Crippen molar-refractivity contribution in [3.63, 3.8) is 0 Å². The molecule has 24 nitrogen and oxygen atoms in total. The van der Waals surface area contributed by atoms with E-state index in [1.54, 1.807) is 19.6 Å². The zero-order chi connectivity index (χ0) is 72.3. The number of carbonyl (C=O) groups is 10. The molecule has 1 aromatic rings. The van der Waals surface area contributed by atoms with E-state index in [0.29, 0.717) is 105 Å². The van der Waals surface area contributed by atoms with Gasteiger partial charge in [-0.15, -0.1) is 0 Å². The summed E-state index contributed by atoms with van der Waals surface area (Å²) in [7, 11) is 1.97. The minimum absolute atomic E-state index is 0. The Morgan fingerprint density at radius 3 is 1.17 bits per heavy atom. The quantitative estimate of drug-likeness (QED) is 0.0212. The Balaban J connectivity index is 0.000000612. The molecule has 564 valence electrons. The number of hydrogen-bond acceptors (Lipinski definition) is 17. The first-order valence-corrected chi connectivity index (χ1v) is 36.7. The van der Waals surface area contributed by atoms with Crippen LogP contribution in [0.25, 0.3) is 0 Å².